The highest BCUT2D eigenvalue weighted by molar-refractivity contribution is 5.84. The van der Waals surface area contributed by atoms with Gasteiger partial charge in [0, 0.05) is 25.4 Å². The van der Waals surface area contributed by atoms with E-state index >= 15 is 0 Å². The van der Waals surface area contributed by atoms with E-state index in [0.717, 1.165) is 32.3 Å². The van der Waals surface area contributed by atoms with Crippen molar-refractivity contribution in [1.82, 2.24) is 0 Å². The Morgan fingerprint density at radius 1 is 1.26 bits per heavy atom. The van der Waals surface area contributed by atoms with Crippen LogP contribution in [0.25, 0.3) is 0 Å². The number of carboxylic acids is 1. The molecule has 0 aliphatic carbocycles. The fraction of sp³-hybridized carbons (Fsp3) is 0.643. The van der Waals surface area contributed by atoms with E-state index in [1.165, 1.54) is 13.0 Å². The van der Waals surface area contributed by atoms with Crippen LogP contribution >= 0.6 is 0 Å². The van der Waals surface area contributed by atoms with Crippen molar-refractivity contribution in [2.45, 2.75) is 40.0 Å². The van der Waals surface area contributed by atoms with Crippen LogP contribution in [-0.2, 0) is 9.53 Å². The van der Waals surface area contributed by atoms with Crippen molar-refractivity contribution in [3.63, 3.8) is 0 Å². The largest absolute Gasteiger partial charge is 0.516 e. The lowest BCUT2D eigenvalue weighted by atomic mass is 10.4. The van der Waals surface area contributed by atoms with Crippen molar-refractivity contribution < 1.29 is 24.9 Å². The van der Waals surface area contributed by atoms with Gasteiger partial charge in [-0.1, -0.05) is 20.4 Å². The Balaban J connectivity index is -0.000000203. The van der Waals surface area contributed by atoms with Gasteiger partial charge in [0.25, 0.3) is 0 Å². The summed E-state index contributed by atoms with van der Waals surface area (Å²) in [5, 5.41) is 23.8. The van der Waals surface area contributed by atoms with Crippen molar-refractivity contribution in [2.24, 2.45) is 0 Å². The normalized spacial score (nSPS) is 9.05. The molecule has 0 heterocycles. The first-order valence-corrected chi connectivity index (χ1v) is 6.34. The van der Waals surface area contributed by atoms with Gasteiger partial charge in [0.15, 0.2) is 0 Å². The minimum atomic E-state index is -0.935. The molecule has 3 N–H and O–H groups in total. The summed E-state index contributed by atoms with van der Waals surface area (Å²) in [5.74, 6) is -0.935. The van der Waals surface area contributed by atoms with E-state index in [9.17, 15) is 4.79 Å². The molecule has 0 aromatic heterocycles. The van der Waals surface area contributed by atoms with Crippen molar-refractivity contribution in [2.75, 3.05) is 19.8 Å². The first-order chi connectivity index (χ1) is 8.97. The average Bonchev–Trinajstić information content (AvgIpc) is 2.38. The Labute approximate surface area is 116 Å². The first-order valence-electron chi connectivity index (χ1n) is 6.34. The SMILES string of the molecule is C=C(C)C(=O)O.CCCOCCC.OC=CCCO. The molecule has 0 atom stereocenters. The zero-order valence-electron chi connectivity index (χ0n) is 12.3. The van der Waals surface area contributed by atoms with Crippen molar-refractivity contribution in [3.05, 3.63) is 24.5 Å². The quantitative estimate of drug-likeness (QED) is 0.378. The molecule has 114 valence electrons. The third kappa shape index (κ3) is 38.4. The summed E-state index contributed by atoms with van der Waals surface area (Å²) in [6, 6.07) is 0. The molecule has 0 rings (SSSR count). The van der Waals surface area contributed by atoms with Crippen LogP contribution in [0.15, 0.2) is 24.5 Å². The molecule has 0 aromatic carbocycles. The standard InChI is InChI=1S/C6H14O.C4H6O2.C4H8O2/c1-3-5-7-6-4-2;1-3(2)4(5)6;5-3-1-2-4-6/h3-6H2,1-2H3;1H2,2H3,(H,5,6);1,3,5-6H,2,4H2. The molecule has 0 fully saturated rings. The third-order valence-electron chi connectivity index (χ3n) is 1.46. The van der Waals surface area contributed by atoms with Gasteiger partial charge in [-0.15, -0.1) is 0 Å². The van der Waals surface area contributed by atoms with Crippen LogP contribution < -0.4 is 0 Å². The van der Waals surface area contributed by atoms with E-state index in [0.29, 0.717) is 6.42 Å². The minimum Gasteiger partial charge on any atom is -0.516 e. The highest BCUT2D eigenvalue weighted by Gasteiger charge is 1.90. The summed E-state index contributed by atoms with van der Waals surface area (Å²) in [6.07, 6.45) is 5.23. The van der Waals surface area contributed by atoms with E-state index in [2.05, 4.69) is 20.4 Å². The lowest BCUT2D eigenvalue weighted by Crippen LogP contribution is -1.92. The van der Waals surface area contributed by atoms with Gasteiger partial charge in [0.1, 0.15) is 0 Å². The van der Waals surface area contributed by atoms with E-state index in [-0.39, 0.29) is 12.2 Å². The molecule has 0 unspecified atom stereocenters. The highest BCUT2D eigenvalue weighted by Crippen LogP contribution is 1.81. The van der Waals surface area contributed by atoms with Crippen molar-refractivity contribution in [1.29, 1.82) is 0 Å². The molecule has 19 heavy (non-hydrogen) atoms. The zero-order valence-corrected chi connectivity index (χ0v) is 12.3. The molecular weight excluding hydrogens is 248 g/mol. The minimum absolute atomic E-state index is 0.108. The second-order valence-corrected chi connectivity index (χ2v) is 3.59. The predicted octanol–water partition coefficient (Wildman–Crippen LogP) is 2.91. The second-order valence-electron chi connectivity index (χ2n) is 3.59. The third-order valence-corrected chi connectivity index (χ3v) is 1.46. The topological polar surface area (TPSA) is 87.0 Å². The molecule has 0 spiro atoms. The molecule has 0 radical (unpaired) electrons. The number of aliphatic carboxylic acids is 1. The monoisotopic (exact) mass is 276 g/mol. The van der Waals surface area contributed by atoms with E-state index in [1.807, 2.05) is 0 Å². The maximum absolute atomic E-state index is 9.60. The number of aliphatic hydroxyl groups is 2. The van der Waals surface area contributed by atoms with Gasteiger partial charge >= 0.3 is 5.97 Å². The number of ether oxygens (including phenoxy) is 1. The average molecular weight is 276 g/mol. The Morgan fingerprint density at radius 3 is 1.84 bits per heavy atom. The Kier molecular flexibility index (Phi) is 26.3. The molecule has 0 bridgehead atoms. The molecule has 0 aromatic rings. The van der Waals surface area contributed by atoms with Crippen LogP contribution in [0.2, 0.25) is 0 Å². The van der Waals surface area contributed by atoms with Crippen molar-refractivity contribution in [3.8, 4) is 0 Å². The Morgan fingerprint density at radius 2 is 1.68 bits per heavy atom. The number of hydrogen-bond acceptors (Lipinski definition) is 4. The van der Waals surface area contributed by atoms with Gasteiger partial charge in [-0.2, -0.15) is 0 Å². The summed E-state index contributed by atoms with van der Waals surface area (Å²) >= 11 is 0. The summed E-state index contributed by atoms with van der Waals surface area (Å²) in [5.41, 5.74) is 0.176. The summed E-state index contributed by atoms with van der Waals surface area (Å²) in [6.45, 7) is 10.8. The van der Waals surface area contributed by atoms with Crippen molar-refractivity contribution >= 4 is 5.97 Å². The van der Waals surface area contributed by atoms with Gasteiger partial charge < -0.3 is 20.1 Å². The van der Waals surface area contributed by atoms with Gasteiger partial charge in [-0.05, 0) is 32.3 Å². The number of carbonyl (C=O) groups is 1. The number of carboxylic acid groups (broad SMARTS) is 1. The van der Waals surface area contributed by atoms with Crippen LogP contribution in [0, 0.1) is 0 Å². The molecule has 0 aliphatic heterocycles. The van der Waals surface area contributed by atoms with Gasteiger partial charge in [-0.25, -0.2) is 4.79 Å². The molecule has 0 amide bonds. The highest BCUT2D eigenvalue weighted by atomic mass is 16.5. The summed E-state index contributed by atoms with van der Waals surface area (Å²) in [7, 11) is 0. The van der Waals surface area contributed by atoms with Gasteiger partial charge in [0.05, 0.1) is 6.26 Å². The second kappa shape index (κ2) is 21.9. The smallest absolute Gasteiger partial charge is 0.330 e. The number of aliphatic hydroxyl groups excluding tert-OH is 2. The number of hydrogen-bond donors (Lipinski definition) is 3. The lowest BCUT2D eigenvalue weighted by Gasteiger charge is -1.95. The summed E-state index contributed by atoms with van der Waals surface area (Å²) < 4.78 is 5.13. The molecular formula is C14H28O5. The maximum atomic E-state index is 9.60. The van der Waals surface area contributed by atoms with Crippen LogP contribution in [0.3, 0.4) is 0 Å². The van der Waals surface area contributed by atoms with Gasteiger partial charge in [0.2, 0.25) is 0 Å². The van der Waals surface area contributed by atoms with Crippen LogP contribution in [-0.4, -0.2) is 41.1 Å². The van der Waals surface area contributed by atoms with Crippen LogP contribution in [0.1, 0.15) is 40.0 Å². The zero-order chi connectivity index (χ0) is 15.5. The molecule has 5 nitrogen and oxygen atoms in total. The molecule has 0 saturated carbocycles. The molecule has 0 saturated heterocycles. The number of rotatable bonds is 7. The van der Waals surface area contributed by atoms with E-state index < -0.39 is 5.97 Å². The fourth-order valence-electron chi connectivity index (χ4n) is 0.540. The maximum Gasteiger partial charge on any atom is 0.330 e. The Bertz CT molecular complexity index is 208. The predicted molar refractivity (Wildman–Crippen MR) is 77.3 cm³/mol. The Hall–Kier alpha value is -1.33. The summed E-state index contributed by atoms with van der Waals surface area (Å²) in [4.78, 5) is 9.60. The molecule has 0 aliphatic rings. The first kappa shape index (κ1) is 22.8. The van der Waals surface area contributed by atoms with Crippen LogP contribution in [0.4, 0.5) is 0 Å². The van der Waals surface area contributed by atoms with Crippen LogP contribution in [0.5, 0.6) is 0 Å². The lowest BCUT2D eigenvalue weighted by molar-refractivity contribution is -0.132. The van der Waals surface area contributed by atoms with Gasteiger partial charge in [-0.3, -0.25) is 0 Å². The van der Waals surface area contributed by atoms with E-state index in [4.69, 9.17) is 20.1 Å². The molecule has 5 heteroatoms. The fourth-order valence-corrected chi connectivity index (χ4v) is 0.540. The van der Waals surface area contributed by atoms with E-state index in [1.54, 1.807) is 0 Å².